The van der Waals surface area contributed by atoms with Crippen LogP contribution in [0, 0.1) is 0 Å². The summed E-state index contributed by atoms with van der Waals surface area (Å²) in [7, 11) is 0. The molecule has 0 heterocycles. The molecule has 0 bridgehead atoms. The van der Waals surface area contributed by atoms with E-state index in [4.69, 9.17) is 15.6 Å². The van der Waals surface area contributed by atoms with Crippen LogP contribution < -0.4 is 15.8 Å². The van der Waals surface area contributed by atoms with Gasteiger partial charge in [0.15, 0.2) is 5.96 Å². The van der Waals surface area contributed by atoms with E-state index in [0.717, 1.165) is 17.9 Å². The van der Waals surface area contributed by atoms with E-state index in [9.17, 15) is 0 Å². The third-order valence-electron chi connectivity index (χ3n) is 3.09. The van der Waals surface area contributed by atoms with Crippen molar-refractivity contribution < 1.29 is 9.84 Å². The highest BCUT2D eigenvalue weighted by Crippen LogP contribution is 2.23. The summed E-state index contributed by atoms with van der Waals surface area (Å²) in [4.78, 5) is 4.21. The zero-order valence-electron chi connectivity index (χ0n) is 12.6. The van der Waals surface area contributed by atoms with Crippen LogP contribution in [0.3, 0.4) is 0 Å². The van der Waals surface area contributed by atoms with Crippen LogP contribution in [0.5, 0.6) is 11.5 Å². The summed E-state index contributed by atoms with van der Waals surface area (Å²) in [5.41, 5.74) is 6.63. The van der Waals surface area contributed by atoms with Gasteiger partial charge < -0.3 is 20.9 Å². The number of nitrogens with zero attached hydrogens (tertiary/aromatic N) is 1. The summed E-state index contributed by atoms with van der Waals surface area (Å²) in [6.45, 7) is 1.93. The summed E-state index contributed by atoms with van der Waals surface area (Å²) in [5.74, 6) is 1.75. The molecule has 116 valence electrons. The van der Waals surface area contributed by atoms with E-state index in [1.807, 2.05) is 61.5 Å². The van der Waals surface area contributed by atoms with Gasteiger partial charge in [-0.2, -0.15) is 0 Å². The van der Waals surface area contributed by atoms with Crippen molar-refractivity contribution in [1.82, 2.24) is 0 Å². The minimum atomic E-state index is -0.184. The van der Waals surface area contributed by atoms with Crippen molar-refractivity contribution in [3.05, 3.63) is 54.6 Å². The van der Waals surface area contributed by atoms with Crippen LogP contribution >= 0.6 is 0 Å². The molecule has 2 rings (SSSR count). The molecule has 0 aliphatic rings. The van der Waals surface area contributed by atoms with Gasteiger partial charge in [-0.05, 0) is 30.7 Å². The molecule has 0 amide bonds. The molecule has 0 aromatic heterocycles. The number of nitrogens with two attached hydrogens (primary N) is 1. The first kappa shape index (κ1) is 15.9. The molecule has 2 aromatic rings. The maximum absolute atomic E-state index is 9.14. The molecule has 0 fully saturated rings. The lowest BCUT2D eigenvalue weighted by molar-refractivity contribution is 0.264. The van der Waals surface area contributed by atoms with Gasteiger partial charge >= 0.3 is 0 Å². The zero-order valence-corrected chi connectivity index (χ0v) is 12.6. The fourth-order valence-corrected chi connectivity index (χ4v) is 1.90. The van der Waals surface area contributed by atoms with Gasteiger partial charge in [-0.25, -0.2) is 4.99 Å². The van der Waals surface area contributed by atoms with E-state index < -0.39 is 0 Å². The maximum Gasteiger partial charge on any atom is 0.193 e. The highest BCUT2D eigenvalue weighted by atomic mass is 16.5. The molecule has 5 heteroatoms. The number of benzene rings is 2. The molecule has 0 saturated carbocycles. The van der Waals surface area contributed by atoms with Crippen LogP contribution in [0.25, 0.3) is 0 Å². The van der Waals surface area contributed by atoms with Crippen molar-refractivity contribution in [2.24, 2.45) is 10.7 Å². The number of anilines is 1. The zero-order chi connectivity index (χ0) is 15.8. The quantitative estimate of drug-likeness (QED) is 0.566. The van der Waals surface area contributed by atoms with Crippen LogP contribution in [0.2, 0.25) is 0 Å². The van der Waals surface area contributed by atoms with E-state index in [-0.39, 0.29) is 18.6 Å². The monoisotopic (exact) mass is 299 g/mol. The maximum atomic E-state index is 9.14. The summed E-state index contributed by atoms with van der Waals surface area (Å²) in [5, 5.41) is 12.1. The molecule has 22 heavy (non-hydrogen) atoms. The second-order valence-electron chi connectivity index (χ2n) is 4.83. The van der Waals surface area contributed by atoms with E-state index in [1.54, 1.807) is 0 Å². The average Bonchev–Trinajstić information content (AvgIpc) is 2.54. The van der Waals surface area contributed by atoms with Gasteiger partial charge in [0.25, 0.3) is 0 Å². The van der Waals surface area contributed by atoms with Gasteiger partial charge in [0.05, 0.1) is 12.6 Å². The number of para-hydroxylation sites is 1. The Balaban J connectivity index is 2.05. The molecule has 0 spiro atoms. The fraction of sp³-hybridized carbons (Fsp3) is 0.235. The van der Waals surface area contributed by atoms with Crippen molar-refractivity contribution in [1.29, 1.82) is 0 Å². The van der Waals surface area contributed by atoms with Crippen LogP contribution in [0.15, 0.2) is 59.6 Å². The fourth-order valence-electron chi connectivity index (χ4n) is 1.90. The van der Waals surface area contributed by atoms with Crippen LogP contribution in [0.1, 0.15) is 13.3 Å². The van der Waals surface area contributed by atoms with Gasteiger partial charge in [-0.1, -0.05) is 31.2 Å². The number of nitrogens with one attached hydrogen (secondary N) is 1. The third kappa shape index (κ3) is 4.79. The van der Waals surface area contributed by atoms with Gasteiger partial charge in [0.2, 0.25) is 0 Å². The Morgan fingerprint density at radius 2 is 1.91 bits per heavy atom. The van der Waals surface area contributed by atoms with Crippen molar-refractivity contribution in [2.75, 3.05) is 11.9 Å². The first-order valence-corrected chi connectivity index (χ1v) is 7.25. The Labute approximate surface area is 130 Å². The number of aliphatic hydroxyl groups excluding tert-OH is 1. The van der Waals surface area contributed by atoms with Crippen molar-refractivity contribution in [3.63, 3.8) is 0 Å². The number of aliphatic hydroxyl groups is 1. The van der Waals surface area contributed by atoms with Crippen LogP contribution in [-0.2, 0) is 0 Å². The Morgan fingerprint density at radius 3 is 2.59 bits per heavy atom. The first-order valence-electron chi connectivity index (χ1n) is 7.25. The summed E-state index contributed by atoms with van der Waals surface area (Å²) >= 11 is 0. The lowest BCUT2D eigenvalue weighted by Gasteiger charge is -2.11. The molecular weight excluding hydrogens is 278 g/mol. The lowest BCUT2D eigenvalue weighted by atomic mass is 10.2. The normalized spacial score (nSPS) is 12.7. The Bertz CT molecular complexity index is 610. The molecule has 1 atom stereocenters. The average molecular weight is 299 g/mol. The Hall–Kier alpha value is -2.53. The third-order valence-corrected chi connectivity index (χ3v) is 3.09. The van der Waals surface area contributed by atoms with Crippen molar-refractivity contribution in [3.8, 4) is 11.5 Å². The second kappa shape index (κ2) is 8.05. The second-order valence-corrected chi connectivity index (χ2v) is 4.83. The summed E-state index contributed by atoms with van der Waals surface area (Å²) in [6.07, 6.45) is 0.732. The molecule has 0 aliphatic carbocycles. The van der Waals surface area contributed by atoms with Crippen LogP contribution in [-0.4, -0.2) is 23.7 Å². The number of guanidine groups is 1. The molecule has 5 nitrogen and oxygen atoms in total. The molecule has 4 N–H and O–H groups in total. The molecule has 0 saturated heterocycles. The van der Waals surface area contributed by atoms with Gasteiger partial charge in [-0.3, -0.25) is 0 Å². The van der Waals surface area contributed by atoms with Crippen molar-refractivity contribution >= 4 is 11.6 Å². The number of hydrogen-bond acceptors (Lipinski definition) is 3. The van der Waals surface area contributed by atoms with Crippen LogP contribution in [0.4, 0.5) is 5.69 Å². The lowest BCUT2D eigenvalue weighted by Crippen LogP contribution is -2.26. The Morgan fingerprint density at radius 1 is 1.18 bits per heavy atom. The van der Waals surface area contributed by atoms with E-state index in [1.165, 1.54) is 0 Å². The predicted octanol–water partition coefficient (Wildman–Crippen LogP) is 2.98. The van der Waals surface area contributed by atoms with E-state index in [0.29, 0.717) is 5.75 Å². The number of hydrogen-bond donors (Lipinski definition) is 3. The predicted molar refractivity (Wildman–Crippen MR) is 89.4 cm³/mol. The molecule has 2 aromatic carbocycles. The summed E-state index contributed by atoms with van der Waals surface area (Å²) in [6, 6.07) is 16.8. The number of aliphatic imine (C=N–C) groups is 1. The van der Waals surface area contributed by atoms with Gasteiger partial charge in [0, 0.05) is 11.8 Å². The minimum absolute atomic E-state index is 0.0178. The van der Waals surface area contributed by atoms with E-state index in [2.05, 4.69) is 10.3 Å². The van der Waals surface area contributed by atoms with Gasteiger partial charge in [-0.15, -0.1) is 0 Å². The highest BCUT2D eigenvalue weighted by molar-refractivity contribution is 5.92. The van der Waals surface area contributed by atoms with E-state index >= 15 is 0 Å². The first-order chi connectivity index (χ1) is 10.7. The number of rotatable bonds is 6. The molecule has 0 radical (unpaired) electrons. The Kier molecular flexibility index (Phi) is 5.80. The highest BCUT2D eigenvalue weighted by Gasteiger charge is 2.04. The summed E-state index contributed by atoms with van der Waals surface area (Å²) < 4.78 is 5.76. The largest absolute Gasteiger partial charge is 0.457 e. The topological polar surface area (TPSA) is 79.9 Å². The SMILES string of the molecule is CC[C@H](CO)N=C(N)Nc1cccc(Oc2ccccc2)c1. The minimum Gasteiger partial charge on any atom is -0.457 e. The molecular formula is C17H21N3O2. The standard InChI is InChI=1S/C17H21N3O2/c1-2-13(12-21)19-17(18)20-14-7-6-10-16(11-14)22-15-8-4-3-5-9-15/h3-11,13,21H,2,12H2,1H3,(H3,18,19,20)/t13-/m1/s1. The number of ether oxygens (including phenoxy) is 1. The smallest absolute Gasteiger partial charge is 0.193 e. The van der Waals surface area contributed by atoms with Crippen molar-refractivity contribution in [2.45, 2.75) is 19.4 Å². The molecule has 0 aliphatic heterocycles. The molecule has 0 unspecified atom stereocenters. The van der Waals surface area contributed by atoms with Gasteiger partial charge in [0.1, 0.15) is 11.5 Å².